The van der Waals surface area contributed by atoms with Crippen LogP contribution in [-0.4, -0.2) is 22.8 Å². The van der Waals surface area contributed by atoms with Crippen LogP contribution in [0.25, 0.3) is 0 Å². The lowest BCUT2D eigenvalue weighted by molar-refractivity contribution is 0.0891. The summed E-state index contributed by atoms with van der Waals surface area (Å²) in [7, 11) is 0. The Hall–Kier alpha value is -2.57. The van der Waals surface area contributed by atoms with Crippen molar-refractivity contribution in [2.24, 2.45) is 0 Å². The van der Waals surface area contributed by atoms with Gasteiger partial charge in [0.2, 0.25) is 12.7 Å². The Balaban J connectivity index is 1.61. The standard InChI is InChI=1S/C16H17N3O4/c1-10-17-15(19-23-10)16(6-2-3-7-16)18-14(20)11-4-5-12-13(8-11)22-9-21-12/h4-5,8H,2-3,6-7,9H2,1H3,(H,18,20). The number of hydrogen-bond acceptors (Lipinski definition) is 6. The number of ether oxygens (including phenoxy) is 2. The third-order valence-corrected chi connectivity index (χ3v) is 4.40. The summed E-state index contributed by atoms with van der Waals surface area (Å²) in [6, 6.07) is 5.17. The van der Waals surface area contributed by atoms with E-state index >= 15 is 0 Å². The quantitative estimate of drug-likeness (QED) is 0.935. The van der Waals surface area contributed by atoms with Gasteiger partial charge in [-0.05, 0) is 31.0 Å². The monoisotopic (exact) mass is 315 g/mol. The third kappa shape index (κ3) is 2.42. The summed E-state index contributed by atoms with van der Waals surface area (Å²) in [5.74, 6) is 2.14. The van der Waals surface area contributed by atoms with Crippen LogP contribution in [0.5, 0.6) is 11.5 Å². The SMILES string of the molecule is Cc1nc(C2(NC(=O)c3ccc4c(c3)OCO4)CCCC2)no1. The third-order valence-electron chi connectivity index (χ3n) is 4.40. The zero-order valence-electron chi connectivity index (χ0n) is 12.8. The molecule has 1 amide bonds. The van der Waals surface area contributed by atoms with Crippen molar-refractivity contribution < 1.29 is 18.8 Å². The molecule has 1 aliphatic carbocycles. The minimum atomic E-state index is -0.550. The van der Waals surface area contributed by atoms with E-state index in [4.69, 9.17) is 14.0 Å². The van der Waals surface area contributed by atoms with Gasteiger partial charge in [-0.1, -0.05) is 18.0 Å². The van der Waals surface area contributed by atoms with Crippen LogP contribution in [0.2, 0.25) is 0 Å². The van der Waals surface area contributed by atoms with E-state index in [9.17, 15) is 4.79 Å². The van der Waals surface area contributed by atoms with Crippen molar-refractivity contribution in [3.63, 3.8) is 0 Å². The second-order valence-corrected chi connectivity index (χ2v) is 5.95. The van der Waals surface area contributed by atoms with E-state index < -0.39 is 5.54 Å². The van der Waals surface area contributed by atoms with Gasteiger partial charge in [-0.3, -0.25) is 4.79 Å². The number of nitrogens with zero attached hydrogens (tertiary/aromatic N) is 2. The lowest BCUT2D eigenvalue weighted by atomic mass is 9.96. The number of carbonyl (C=O) groups excluding carboxylic acids is 1. The highest BCUT2D eigenvalue weighted by Gasteiger charge is 2.41. The molecule has 1 saturated carbocycles. The normalized spacial score (nSPS) is 18.1. The van der Waals surface area contributed by atoms with Gasteiger partial charge in [0.1, 0.15) is 5.54 Å². The van der Waals surface area contributed by atoms with Gasteiger partial charge in [0.05, 0.1) is 0 Å². The summed E-state index contributed by atoms with van der Waals surface area (Å²) in [5, 5.41) is 7.14. The number of aryl methyl sites for hydroxylation is 1. The molecule has 0 spiro atoms. The van der Waals surface area contributed by atoms with Gasteiger partial charge < -0.3 is 19.3 Å². The van der Waals surface area contributed by atoms with E-state index in [2.05, 4.69) is 15.5 Å². The molecule has 4 rings (SSSR count). The Morgan fingerprint density at radius 2 is 2.00 bits per heavy atom. The van der Waals surface area contributed by atoms with E-state index in [0.717, 1.165) is 25.7 Å². The van der Waals surface area contributed by atoms with E-state index in [1.54, 1.807) is 25.1 Å². The van der Waals surface area contributed by atoms with E-state index in [0.29, 0.717) is 28.8 Å². The summed E-state index contributed by atoms with van der Waals surface area (Å²) < 4.78 is 15.7. The number of aromatic nitrogens is 2. The second kappa shape index (κ2) is 5.26. The van der Waals surface area contributed by atoms with E-state index in [-0.39, 0.29) is 12.7 Å². The molecule has 1 aliphatic heterocycles. The maximum absolute atomic E-state index is 12.7. The molecule has 2 heterocycles. The number of carbonyl (C=O) groups is 1. The van der Waals surface area contributed by atoms with Gasteiger partial charge in [-0.15, -0.1) is 0 Å². The molecular weight excluding hydrogens is 298 g/mol. The van der Waals surface area contributed by atoms with Gasteiger partial charge in [0.25, 0.3) is 5.91 Å². The summed E-state index contributed by atoms with van der Waals surface area (Å²) in [5.41, 5.74) is -0.0219. The predicted octanol–water partition coefficient (Wildman–Crippen LogP) is 2.31. The molecule has 0 saturated heterocycles. The van der Waals surface area contributed by atoms with Crippen molar-refractivity contribution >= 4 is 5.91 Å². The molecule has 7 heteroatoms. The molecule has 2 aromatic rings. The second-order valence-electron chi connectivity index (χ2n) is 5.95. The molecular formula is C16H17N3O4. The Morgan fingerprint density at radius 3 is 2.74 bits per heavy atom. The molecule has 0 atom stereocenters. The number of nitrogens with one attached hydrogen (secondary N) is 1. The first-order valence-corrected chi connectivity index (χ1v) is 7.69. The predicted molar refractivity (Wildman–Crippen MR) is 79.2 cm³/mol. The molecule has 1 N–H and O–H groups in total. The Bertz CT molecular complexity index is 750. The first-order chi connectivity index (χ1) is 11.2. The smallest absolute Gasteiger partial charge is 0.252 e. The number of amides is 1. The van der Waals surface area contributed by atoms with Crippen molar-refractivity contribution in [2.75, 3.05) is 6.79 Å². The van der Waals surface area contributed by atoms with Crippen molar-refractivity contribution in [3.05, 3.63) is 35.5 Å². The molecule has 0 radical (unpaired) electrons. The summed E-state index contributed by atoms with van der Waals surface area (Å²) in [6.07, 6.45) is 3.66. The van der Waals surface area contributed by atoms with Gasteiger partial charge in [0, 0.05) is 12.5 Å². The van der Waals surface area contributed by atoms with Crippen LogP contribution in [0.15, 0.2) is 22.7 Å². The highest BCUT2D eigenvalue weighted by Crippen LogP contribution is 2.38. The number of benzene rings is 1. The zero-order chi connectivity index (χ0) is 15.9. The number of fused-ring (bicyclic) bond motifs is 1. The molecule has 0 unspecified atom stereocenters. The lowest BCUT2D eigenvalue weighted by Crippen LogP contribution is -2.44. The average molecular weight is 315 g/mol. The number of hydrogen-bond donors (Lipinski definition) is 1. The summed E-state index contributed by atoms with van der Waals surface area (Å²) >= 11 is 0. The zero-order valence-corrected chi connectivity index (χ0v) is 12.8. The first kappa shape index (κ1) is 14.0. The molecule has 1 aromatic carbocycles. The minimum Gasteiger partial charge on any atom is -0.454 e. The number of rotatable bonds is 3. The molecule has 1 fully saturated rings. The lowest BCUT2D eigenvalue weighted by Gasteiger charge is -2.26. The van der Waals surface area contributed by atoms with Crippen LogP contribution in [0.4, 0.5) is 0 Å². The van der Waals surface area contributed by atoms with Crippen LogP contribution in [0.1, 0.15) is 47.8 Å². The van der Waals surface area contributed by atoms with Crippen LogP contribution < -0.4 is 14.8 Å². The van der Waals surface area contributed by atoms with Crippen LogP contribution in [0, 0.1) is 6.92 Å². The largest absolute Gasteiger partial charge is 0.454 e. The minimum absolute atomic E-state index is 0.173. The van der Waals surface area contributed by atoms with Crippen molar-refractivity contribution in [1.29, 1.82) is 0 Å². The highest BCUT2D eigenvalue weighted by molar-refractivity contribution is 5.95. The first-order valence-electron chi connectivity index (χ1n) is 7.69. The van der Waals surface area contributed by atoms with Crippen molar-refractivity contribution in [2.45, 2.75) is 38.1 Å². The summed E-state index contributed by atoms with van der Waals surface area (Å²) in [6.45, 7) is 1.94. The van der Waals surface area contributed by atoms with Crippen LogP contribution in [-0.2, 0) is 5.54 Å². The van der Waals surface area contributed by atoms with Crippen molar-refractivity contribution in [3.8, 4) is 11.5 Å². The molecule has 120 valence electrons. The average Bonchev–Trinajstić information content (AvgIpc) is 3.26. The Labute approximate surface area is 133 Å². The fourth-order valence-corrected chi connectivity index (χ4v) is 3.20. The van der Waals surface area contributed by atoms with E-state index in [1.807, 2.05) is 0 Å². The Kier molecular flexibility index (Phi) is 3.21. The van der Waals surface area contributed by atoms with Crippen LogP contribution in [0.3, 0.4) is 0 Å². The van der Waals surface area contributed by atoms with Gasteiger partial charge in [0.15, 0.2) is 17.3 Å². The summed E-state index contributed by atoms with van der Waals surface area (Å²) in [4.78, 5) is 17.0. The molecule has 23 heavy (non-hydrogen) atoms. The fourth-order valence-electron chi connectivity index (χ4n) is 3.20. The Morgan fingerprint density at radius 1 is 1.22 bits per heavy atom. The molecule has 2 aliphatic rings. The van der Waals surface area contributed by atoms with Gasteiger partial charge >= 0.3 is 0 Å². The van der Waals surface area contributed by atoms with Crippen molar-refractivity contribution in [1.82, 2.24) is 15.5 Å². The highest BCUT2D eigenvalue weighted by atomic mass is 16.7. The molecule has 0 bridgehead atoms. The molecule has 7 nitrogen and oxygen atoms in total. The van der Waals surface area contributed by atoms with Gasteiger partial charge in [-0.2, -0.15) is 4.98 Å². The fraction of sp³-hybridized carbons (Fsp3) is 0.438. The maximum atomic E-state index is 12.7. The van der Waals surface area contributed by atoms with Gasteiger partial charge in [-0.25, -0.2) is 0 Å². The maximum Gasteiger partial charge on any atom is 0.252 e. The van der Waals surface area contributed by atoms with Crippen LogP contribution >= 0.6 is 0 Å². The molecule has 1 aromatic heterocycles. The van der Waals surface area contributed by atoms with E-state index in [1.165, 1.54) is 0 Å². The topological polar surface area (TPSA) is 86.5 Å².